The van der Waals surface area contributed by atoms with Crippen LogP contribution in [0.25, 0.3) is 0 Å². The van der Waals surface area contributed by atoms with Gasteiger partial charge in [-0.05, 0) is 36.6 Å². The summed E-state index contributed by atoms with van der Waals surface area (Å²) in [5.74, 6) is -3.47. The van der Waals surface area contributed by atoms with Crippen LogP contribution in [0.5, 0.6) is 0 Å². The summed E-state index contributed by atoms with van der Waals surface area (Å²) in [6.07, 6.45) is -4.15. The molecule has 1 heterocycles. The Balaban J connectivity index is 2.42. The molecule has 6 nitrogen and oxygen atoms in total. The van der Waals surface area contributed by atoms with Gasteiger partial charge in [0.1, 0.15) is 17.3 Å². The summed E-state index contributed by atoms with van der Waals surface area (Å²) < 4.78 is 67.5. The number of rotatable bonds is 2. The summed E-state index contributed by atoms with van der Waals surface area (Å²) in [4.78, 5) is 12.9. The van der Waals surface area contributed by atoms with Crippen LogP contribution in [0.3, 0.4) is 0 Å². The highest BCUT2D eigenvalue weighted by atomic mass is 32.1. The zero-order valence-electron chi connectivity index (χ0n) is 13.3. The number of thiocarbonyl (C=S) groups is 2. The third-order valence-corrected chi connectivity index (χ3v) is 3.62. The highest BCUT2D eigenvalue weighted by molar-refractivity contribution is 7.82. The number of aromatic nitrogens is 2. The van der Waals surface area contributed by atoms with Crippen LogP contribution in [0, 0.1) is 11.6 Å². The molecule has 0 atom stereocenters. The van der Waals surface area contributed by atoms with E-state index in [0.717, 1.165) is 29.1 Å². The van der Waals surface area contributed by atoms with E-state index in [4.69, 9.17) is 18.0 Å². The largest absolute Gasteiger partial charge is 0.435 e. The van der Waals surface area contributed by atoms with Gasteiger partial charge in [-0.3, -0.25) is 9.48 Å². The van der Waals surface area contributed by atoms with Crippen molar-refractivity contribution >= 4 is 46.3 Å². The second kappa shape index (κ2) is 7.52. The van der Waals surface area contributed by atoms with Crippen LogP contribution in [0.15, 0.2) is 24.4 Å². The van der Waals surface area contributed by atoms with Gasteiger partial charge in [-0.25, -0.2) is 13.7 Å². The van der Waals surface area contributed by atoms with E-state index >= 15 is 0 Å². The van der Waals surface area contributed by atoms with Gasteiger partial charge < -0.3 is 11.1 Å². The molecule has 0 spiro atoms. The van der Waals surface area contributed by atoms with Crippen LogP contribution in [0.2, 0.25) is 0 Å². The first-order chi connectivity index (χ1) is 12.4. The molecule has 2 aromatic rings. The topological polar surface area (TPSA) is 76.2 Å². The lowest BCUT2D eigenvalue weighted by atomic mass is 10.2. The van der Waals surface area contributed by atoms with Gasteiger partial charge in [0.15, 0.2) is 15.9 Å². The monoisotopic (exact) mass is 423 g/mol. The third kappa shape index (κ3) is 4.36. The predicted octanol–water partition coefficient (Wildman–Crippen LogP) is 2.80. The lowest BCUT2D eigenvalue weighted by Crippen LogP contribution is -2.47. The number of aryl methyl sites for hydroxylation is 1. The summed E-state index contributed by atoms with van der Waals surface area (Å²) in [5, 5.41) is 3.83. The number of nitrogens with zero attached hydrogens (tertiary/aromatic N) is 3. The summed E-state index contributed by atoms with van der Waals surface area (Å²) in [7, 11) is 1.17. The number of nitrogens with two attached hydrogens (primary N) is 1. The molecule has 13 heteroatoms. The number of benzene rings is 1. The number of hydrogen-bond acceptors (Lipinski definition) is 4. The van der Waals surface area contributed by atoms with Crippen molar-refractivity contribution in [3.05, 3.63) is 47.3 Å². The minimum Gasteiger partial charge on any atom is -0.375 e. The molecule has 1 aromatic heterocycles. The van der Waals surface area contributed by atoms with Crippen molar-refractivity contribution in [2.45, 2.75) is 6.18 Å². The normalized spacial score (nSPS) is 11.2. The first-order valence-corrected chi connectivity index (χ1v) is 7.74. The number of para-hydroxylation sites is 1. The standard InChI is InChI=1S/C14H10F5N5OS2/c1-23-5-6(10(22-23)14(17,18)19)11(25)24(12(20)26)13(27)21-9-7(15)3-2-4-8(9)16/h2-5H,1H3,(H2,20,26)(H,21,27). The van der Waals surface area contributed by atoms with E-state index in [1.165, 1.54) is 7.05 Å². The summed E-state index contributed by atoms with van der Waals surface area (Å²) in [6.45, 7) is 0. The van der Waals surface area contributed by atoms with E-state index in [9.17, 15) is 26.7 Å². The number of alkyl halides is 3. The Morgan fingerprint density at radius 2 is 1.81 bits per heavy atom. The van der Waals surface area contributed by atoms with Crippen LogP contribution >= 0.6 is 24.4 Å². The Labute approximate surface area is 159 Å². The molecule has 0 saturated heterocycles. The number of carbonyl (C=O) groups is 1. The number of nitrogens with one attached hydrogen (secondary N) is 1. The maximum absolute atomic E-state index is 13.7. The van der Waals surface area contributed by atoms with E-state index in [-0.39, 0.29) is 0 Å². The van der Waals surface area contributed by atoms with Crippen LogP contribution in [0.1, 0.15) is 16.1 Å². The first-order valence-electron chi connectivity index (χ1n) is 6.93. The fourth-order valence-electron chi connectivity index (χ4n) is 2.05. The summed E-state index contributed by atoms with van der Waals surface area (Å²) in [6, 6.07) is 2.90. The van der Waals surface area contributed by atoms with Crippen molar-refractivity contribution in [3.63, 3.8) is 0 Å². The molecule has 0 radical (unpaired) electrons. The van der Waals surface area contributed by atoms with Crippen LogP contribution < -0.4 is 11.1 Å². The second-order valence-corrected chi connectivity index (χ2v) is 5.87. The zero-order valence-corrected chi connectivity index (χ0v) is 15.0. The van der Waals surface area contributed by atoms with Gasteiger partial charge >= 0.3 is 6.18 Å². The highest BCUT2D eigenvalue weighted by Crippen LogP contribution is 2.31. The van der Waals surface area contributed by atoms with Crippen molar-refractivity contribution in [1.29, 1.82) is 0 Å². The summed E-state index contributed by atoms with van der Waals surface area (Å²) >= 11 is 9.51. The lowest BCUT2D eigenvalue weighted by Gasteiger charge is -2.22. The predicted molar refractivity (Wildman–Crippen MR) is 93.7 cm³/mol. The molecule has 3 N–H and O–H groups in total. The van der Waals surface area contributed by atoms with Crippen molar-refractivity contribution in [2.24, 2.45) is 12.8 Å². The fraction of sp³-hybridized carbons (Fsp3) is 0.143. The Morgan fingerprint density at radius 1 is 1.26 bits per heavy atom. The smallest absolute Gasteiger partial charge is 0.375 e. The van der Waals surface area contributed by atoms with E-state index in [1.54, 1.807) is 0 Å². The average molecular weight is 423 g/mol. The quantitative estimate of drug-likeness (QED) is 0.572. The number of halogens is 5. The molecule has 0 fully saturated rings. The van der Waals surface area contributed by atoms with E-state index in [0.29, 0.717) is 4.90 Å². The van der Waals surface area contributed by atoms with Gasteiger partial charge in [0.25, 0.3) is 5.91 Å². The van der Waals surface area contributed by atoms with Gasteiger partial charge in [0.2, 0.25) is 0 Å². The van der Waals surface area contributed by atoms with Gasteiger partial charge in [-0.2, -0.15) is 18.3 Å². The van der Waals surface area contributed by atoms with Gasteiger partial charge in [0, 0.05) is 13.2 Å². The minimum atomic E-state index is -4.94. The van der Waals surface area contributed by atoms with Gasteiger partial charge in [0.05, 0.1) is 5.56 Å². The molecule has 27 heavy (non-hydrogen) atoms. The SMILES string of the molecule is Cn1cc(C(=O)N(C(N)=S)C(=S)Nc2c(F)cccc2F)c(C(F)(F)F)n1. The average Bonchev–Trinajstić information content (AvgIpc) is 2.93. The molecule has 0 saturated carbocycles. The Morgan fingerprint density at radius 3 is 2.30 bits per heavy atom. The fourth-order valence-corrected chi connectivity index (χ4v) is 2.56. The molecule has 0 aliphatic rings. The van der Waals surface area contributed by atoms with Gasteiger partial charge in [-0.1, -0.05) is 6.07 Å². The minimum absolute atomic E-state index is 0.308. The van der Waals surface area contributed by atoms with Crippen LogP contribution in [0.4, 0.5) is 27.6 Å². The number of amides is 1. The summed E-state index contributed by atoms with van der Waals surface area (Å²) in [5.41, 5.74) is 2.28. The van der Waals surface area contributed by atoms with E-state index in [1.807, 2.05) is 0 Å². The molecule has 1 amide bonds. The maximum atomic E-state index is 13.7. The molecule has 0 unspecified atom stereocenters. The molecule has 144 valence electrons. The van der Waals surface area contributed by atoms with E-state index < -0.39 is 50.9 Å². The van der Waals surface area contributed by atoms with Crippen molar-refractivity contribution in [3.8, 4) is 0 Å². The van der Waals surface area contributed by atoms with E-state index in [2.05, 4.69) is 22.6 Å². The molecule has 0 bridgehead atoms. The van der Waals surface area contributed by atoms with Crippen molar-refractivity contribution in [2.75, 3.05) is 5.32 Å². The second-order valence-electron chi connectivity index (χ2n) is 5.07. The van der Waals surface area contributed by atoms with Crippen molar-refractivity contribution < 1.29 is 26.7 Å². The van der Waals surface area contributed by atoms with Gasteiger partial charge in [-0.15, -0.1) is 0 Å². The zero-order chi connectivity index (χ0) is 20.5. The van der Waals surface area contributed by atoms with Crippen LogP contribution in [-0.2, 0) is 13.2 Å². The Hall–Kier alpha value is -2.67. The highest BCUT2D eigenvalue weighted by Gasteiger charge is 2.41. The molecular formula is C14H10F5N5OS2. The molecular weight excluding hydrogens is 413 g/mol. The Bertz CT molecular complexity index is 907. The molecule has 1 aromatic carbocycles. The Kier molecular flexibility index (Phi) is 5.75. The number of carbonyl (C=O) groups excluding carboxylic acids is 1. The third-order valence-electron chi connectivity index (χ3n) is 3.15. The molecule has 0 aliphatic heterocycles. The molecule has 0 aliphatic carbocycles. The van der Waals surface area contributed by atoms with Crippen molar-refractivity contribution in [1.82, 2.24) is 14.7 Å². The maximum Gasteiger partial charge on any atom is 0.435 e. The lowest BCUT2D eigenvalue weighted by molar-refractivity contribution is -0.141. The van der Waals surface area contributed by atoms with Crippen LogP contribution in [-0.4, -0.2) is 30.8 Å². The number of hydrogen-bond donors (Lipinski definition) is 2. The first kappa shape index (κ1) is 20.6. The molecule has 2 rings (SSSR count). The number of anilines is 1.